The number of H-pyrrole nitrogens is 1. The van der Waals surface area contributed by atoms with Crippen LogP contribution in [0.4, 0.5) is 18.9 Å². The molecule has 0 radical (unpaired) electrons. The minimum atomic E-state index is -0.841. The van der Waals surface area contributed by atoms with E-state index in [2.05, 4.69) is 20.3 Å². The molecule has 0 aliphatic carbocycles. The van der Waals surface area contributed by atoms with Crippen LogP contribution >= 0.6 is 0 Å². The lowest BCUT2D eigenvalue weighted by Crippen LogP contribution is -2.35. The van der Waals surface area contributed by atoms with Crippen LogP contribution in [0, 0.1) is 24.5 Å². The van der Waals surface area contributed by atoms with E-state index < -0.39 is 29.0 Å². The zero-order chi connectivity index (χ0) is 23.9. The number of aryl methyl sites for hydroxylation is 1. The lowest BCUT2D eigenvalue weighted by molar-refractivity contribution is 0.0957. The first-order valence-corrected chi connectivity index (χ1v) is 10.4. The van der Waals surface area contributed by atoms with E-state index in [0.717, 1.165) is 6.07 Å². The third-order valence-corrected chi connectivity index (χ3v) is 5.99. The number of amides is 1. The Bertz CT molecular complexity index is 1300. The second kappa shape index (κ2) is 8.81. The fourth-order valence-corrected chi connectivity index (χ4v) is 4.07. The van der Waals surface area contributed by atoms with E-state index in [1.807, 2.05) is 4.90 Å². The Morgan fingerprint density at radius 1 is 1.30 bits per heavy atom. The molecule has 8 nitrogen and oxygen atoms in total. The molecular formula is C22H23F3N6O2. The second-order valence-electron chi connectivity index (χ2n) is 8.07. The number of hydrogen-bond acceptors (Lipinski definition) is 6. The summed E-state index contributed by atoms with van der Waals surface area (Å²) < 4.78 is 44.2. The first-order valence-electron chi connectivity index (χ1n) is 10.4. The van der Waals surface area contributed by atoms with Gasteiger partial charge < -0.3 is 15.2 Å². The van der Waals surface area contributed by atoms with Gasteiger partial charge in [0.25, 0.3) is 11.5 Å². The summed E-state index contributed by atoms with van der Waals surface area (Å²) in [4.78, 5) is 37.2. The Morgan fingerprint density at radius 3 is 2.76 bits per heavy atom. The molecule has 1 amide bonds. The van der Waals surface area contributed by atoms with Gasteiger partial charge in [-0.3, -0.25) is 14.5 Å². The van der Waals surface area contributed by atoms with Crippen molar-refractivity contribution in [2.45, 2.75) is 25.9 Å². The van der Waals surface area contributed by atoms with Gasteiger partial charge >= 0.3 is 0 Å². The lowest BCUT2D eigenvalue weighted by atomic mass is 10.1. The molecule has 1 aromatic carbocycles. The van der Waals surface area contributed by atoms with E-state index >= 15 is 4.39 Å². The van der Waals surface area contributed by atoms with Crippen molar-refractivity contribution in [3.63, 3.8) is 0 Å². The minimum absolute atomic E-state index is 0.00973. The maximum absolute atomic E-state index is 15.0. The summed E-state index contributed by atoms with van der Waals surface area (Å²) >= 11 is 0. The number of nitrogens with one attached hydrogen (secondary N) is 2. The van der Waals surface area contributed by atoms with Crippen LogP contribution in [0.2, 0.25) is 0 Å². The van der Waals surface area contributed by atoms with Gasteiger partial charge in [0.05, 0.1) is 11.2 Å². The predicted octanol–water partition coefficient (Wildman–Crippen LogP) is 2.11. The number of halogens is 3. The number of benzene rings is 1. The van der Waals surface area contributed by atoms with Crippen LogP contribution in [0.5, 0.6) is 0 Å². The molecule has 11 heteroatoms. The molecule has 2 N–H and O–H groups in total. The average Bonchev–Trinajstić information content (AvgIpc) is 3.26. The molecule has 2 aromatic heterocycles. The fourth-order valence-electron chi connectivity index (χ4n) is 4.07. The quantitative estimate of drug-likeness (QED) is 0.567. The van der Waals surface area contributed by atoms with Crippen LogP contribution in [-0.4, -0.2) is 59.0 Å². The van der Waals surface area contributed by atoms with Crippen LogP contribution in [0.25, 0.3) is 11.0 Å². The van der Waals surface area contributed by atoms with E-state index in [0.29, 0.717) is 19.5 Å². The van der Waals surface area contributed by atoms with Crippen LogP contribution in [-0.2, 0) is 6.54 Å². The van der Waals surface area contributed by atoms with Crippen LogP contribution in [0.1, 0.15) is 28.2 Å². The molecule has 1 unspecified atom stereocenters. The number of aromatic nitrogens is 3. The number of carbonyl (C=O) groups excluding carboxylic acids is 1. The maximum atomic E-state index is 15.0. The molecule has 1 fully saturated rings. The summed E-state index contributed by atoms with van der Waals surface area (Å²) in [6, 6.07) is 3.93. The molecule has 33 heavy (non-hydrogen) atoms. The van der Waals surface area contributed by atoms with Gasteiger partial charge in [0.2, 0.25) is 5.95 Å². The molecule has 0 saturated carbocycles. The Hall–Kier alpha value is -3.47. The number of nitrogens with zero attached hydrogens (tertiary/aromatic N) is 4. The van der Waals surface area contributed by atoms with Crippen molar-refractivity contribution in [1.29, 1.82) is 0 Å². The number of pyridine rings is 1. The normalized spacial score (nSPS) is 16.4. The van der Waals surface area contributed by atoms with Crippen molar-refractivity contribution in [1.82, 2.24) is 25.2 Å². The number of aromatic amines is 1. The molecule has 3 aromatic rings. The van der Waals surface area contributed by atoms with E-state index in [1.54, 1.807) is 11.9 Å². The first kappa shape index (κ1) is 22.7. The molecule has 4 rings (SSSR count). The highest BCUT2D eigenvalue weighted by molar-refractivity contribution is 5.92. The van der Waals surface area contributed by atoms with Crippen molar-refractivity contribution in [2.24, 2.45) is 0 Å². The van der Waals surface area contributed by atoms with Gasteiger partial charge in [0, 0.05) is 51.4 Å². The molecule has 3 heterocycles. The monoisotopic (exact) mass is 460 g/mol. The highest BCUT2D eigenvalue weighted by Gasteiger charge is 2.29. The number of likely N-dealkylation sites (N-methyl/N-ethyl adjacent to an activating group) is 1. The number of rotatable bonds is 5. The molecular weight excluding hydrogens is 437 g/mol. The number of hydrogen-bond donors (Lipinski definition) is 2. The zero-order valence-electron chi connectivity index (χ0n) is 18.4. The summed E-state index contributed by atoms with van der Waals surface area (Å²) in [5, 5.41) is 2.39. The molecule has 174 valence electrons. The Balaban J connectivity index is 1.52. The van der Waals surface area contributed by atoms with Crippen LogP contribution in [0.15, 0.2) is 23.0 Å². The van der Waals surface area contributed by atoms with E-state index in [1.165, 1.54) is 26.1 Å². The maximum Gasteiger partial charge on any atom is 0.269 e. The predicted molar refractivity (Wildman–Crippen MR) is 117 cm³/mol. The van der Waals surface area contributed by atoms with Gasteiger partial charge in [-0.15, -0.1) is 0 Å². The summed E-state index contributed by atoms with van der Waals surface area (Å²) in [6.45, 7) is 2.43. The molecule has 1 saturated heterocycles. The SMILES string of the molecule is CNC(=O)c1ccc(N(C)C2CCN(Cc3c(F)cc4nc(C)c(=O)[nH]c4c3F)C2)c(F)n1. The molecule has 0 bridgehead atoms. The molecule has 1 atom stereocenters. The Kier molecular flexibility index (Phi) is 6.07. The number of fused-ring (bicyclic) bond motifs is 1. The highest BCUT2D eigenvalue weighted by Crippen LogP contribution is 2.27. The van der Waals surface area contributed by atoms with Crippen molar-refractivity contribution >= 4 is 22.6 Å². The molecule has 1 aliphatic rings. The Morgan fingerprint density at radius 2 is 2.06 bits per heavy atom. The van der Waals surface area contributed by atoms with Gasteiger partial charge in [-0.25, -0.2) is 18.7 Å². The van der Waals surface area contributed by atoms with Crippen LogP contribution < -0.4 is 15.8 Å². The lowest BCUT2D eigenvalue weighted by Gasteiger charge is -2.27. The molecule has 0 spiro atoms. The van der Waals surface area contributed by atoms with Crippen LogP contribution in [0.3, 0.4) is 0 Å². The van der Waals surface area contributed by atoms with Crippen molar-refractivity contribution in [3.8, 4) is 0 Å². The van der Waals surface area contributed by atoms with Gasteiger partial charge in [0.1, 0.15) is 22.7 Å². The summed E-state index contributed by atoms with van der Waals surface area (Å²) in [7, 11) is 3.15. The summed E-state index contributed by atoms with van der Waals surface area (Å²) in [5.41, 5.74) is -0.423. The van der Waals surface area contributed by atoms with Crippen molar-refractivity contribution in [2.75, 3.05) is 32.1 Å². The first-order chi connectivity index (χ1) is 15.7. The fraction of sp³-hybridized carbons (Fsp3) is 0.364. The number of likely N-dealkylation sites (tertiary alicyclic amines) is 1. The smallest absolute Gasteiger partial charge is 0.269 e. The highest BCUT2D eigenvalue weighted by atomic mass is 19.1. The van der Waals surface area contributed by atoms with Crippen molar-refractivity contribution < 1.29 is 18.0 Å². The van der Waals surface area contributed by atoms with E-state index in [9.17, 15) is 18.4 Å². The number of anilines is 1. The van der Waals surface area contributed by atoms with Gasteiger partial charge in [0.15, 0.2) is 5.82 Å². The summed E-state index contributed by atoms with van der Waals surface area (Å²) in [5.74, 6) is -2.83. The standard InChI is InChI=1S/C22H23F3N6O2/c1-11-21(32)29-19-16(27-11)8-14(23)13(18(19)24)10-31-7-6-12(9-31)30(3)17-5-4-15(22(33)26-2)28-20(17)25/h4-5,8,12H,6-7,9-10H2,1-3H3,(H,26,33)(H,29,32). The zero-order valence-corrected chi connectivity index (χ0v) is 18.4. The topological polar surface area (TPSA) is 94.2 Å². The summed E-state index contributed by atoms with van der Waals surface area (Å²) in [6.07, 6.45) is 0.640. The third kappa shape index (κ3) is 4.28. The molecule has 1 aliphatic heterocycles. The van der Waals surface area contributed by atoms with Gasteiger partial charge in [-0.2, -0.15) is 4.39 Å². The number of carbonyl (C=O) groups is 1. The minimum Gasteiger partial charge on any atom is -0.367 e. The third-order valence-electron chi connectivity index (χ3n) is 5.99. The second-order valence-corrected chi connectivity index (χ2v) is 8.07. The van der Waals surface area contributed by atoms with E-state index in [4.69, 9.17) is 0 Å². The Labute approximate surface area is 187 Å². The van der Waals surface area contributed by atoms with Crippen molar-refractivity contribution in [3.05, 3.63) is 63.1 Å². The van der Waals surface area contributed by atoms with E-state index in [-0.39, 0.29) is 46.3 Å². The van der Waals surface area contributed by atoms with Gasteiger partial charge in [-0.05, 0) is 25.5 Å². The van der Waals surface area contributed by atoms with Gasteiger partial charge in [-0.1, -0.05) is 0 Å². The largest absolute Gasteiger partial charge is 0.367 e. The average molecular weight is 460 g/mol.